The van der Waals surface area contributed by atoms with Gasteiger partial charge in [0.25, 0.3) is 0 Å². The number of furan rings is 1. The minimum absolute atomic E-state index is 0.168. The van der Waals surface area contributed by atoms with Gasteiger partial charge in [0.05, 0.1) is 35.2 Å². The molecule has 2 amide bonds. The Morgan fingerprint density at radius 1 is 1.00 bits per heavy atom. The van der Waals surface area contributed by atoms with E-state index in [-0.39, 0.29) is 42.7 Å². The number of benzene rings is 3. The standard InChI is InChI=1S/C33H28N4O5S/c1-21-9-12-24(13-10-21)37-33-30(31(35-37)22-6-3-2-4-7-22)32(23-11-14-26-27(16-23)42-20-41-26)43-19-29(39)36(33)18-28(38)34-17-25-8-5-15-40-25/h2-16,32H,17-20H2,1H3,(H,34,38). The average molecular weight is 593 g/mol. The minimum atomic E-state index is -0.305. The van der Waals surface area contributed by atoms with Crippen molar-refractivity contribution in [2.45, 2.75) is 18.7 Å². The average Bonchev–Trinajstić information content (AvgIpc) is 3.79. The number of nitrogens with one attached hydrogen (secondary N) is 1. The number of aryl methyl sites for hydroxylation is 1. The van der Waals surface area contributed by atoms with Gasteiger partial charge in [-0.2, -0.15) is 5.10 Å². The molecule has 1 atom stereocenters. The molecule has 43 heavy (non-hydrogen) atoms. The SMILES string of the molecule is Cc1ccc(-n2nc(-c3ccccc3)c3c2N(CC(=O)NCc2ccco2)C(=O)CSC3c2ccc3c(c2)OCO3)cc1. The van der Waals surface area contributed by atoms with Gasteiger partial charge < -0.3 is 19.2 Å². The maximum absolute atomic E-state index is 13.9. The van der Waals surface area contributed by atoms with Crippen LogP contribution in [0.1, 0.15) is 27.7 Å². The Balaban J connectivity index is 1.40. The Morgan fingerprint density at radius 2 is 1.81 bits per heavy atom. The van der Waals surface area contributed by atoms with E-state index < -0.39 is 0 Å². The van der Waals surface area contributed by atoms with E-state index in [2.05, 4.69) is 5.32 Å². The minimum Gasteiger partial charge on any atom is -0.467 e. The smallest absolute Gasteiger partial charge is 0.240 e. The molecule has 9 nitrogen and oxygen atoms in total. The van der Waals surface area contributed by atoms with Crippen molar-refractivity contribution >= 4 is 29.4 Å². The molecule has 0 saturated heterocycles. The van der Waals surface area contributed by atoms with Crippen molar-refractivity contribution in [3.8, 4) is 28.4 Å². The number of aromatic nitrogens is 2. The predicted molar refractivity (Wildman–Crippen MR) is 164 cm³/mol. The molecule has 1 N–H and O–H groups in total. The molecule has 7 rings (SSSR count). The molecule has 0 saturated carbocycles. The first-order valence-corrected chi connectivity index (χ1v) is 15.0. The van der Waals surface area contributed by atoms with E-state index in [0.29, 0.717) is 23.1 Å². The highest BCUT2D eigenvalue weighted by atomic mass is 32.2. The second-order valence-corrected chi connectivity index (χ2v) is 11.4. The van der Waals surface area contributed by atoms with Crippen LogP contribution in [-0.2, 0) is 16.1 Å². The van der Waals surface area contributed by atoms with Crippen molar-refractivity contribution < 1.29 is 23.5 Å². The fourth-order valence-corrected chi connectivity index (χ4v) is 6.52. The summed E-state index contributed by atoms with van der Waals surface area (Å²) in [4.78, 5) is 28.8. The lowest BCUT2D eigenvalue weighted by Crippen LogP contribution is -2.42. The molecule has 0 bridgehead atoms. The fraction of sp³-hybridized carbons (Fsp3) is 0.182. The third-order valence-electron chi connectivity index (χ3n) is 7.46. The second kappa shape index (κ2) is 11.4. The summed E-state index contributed by atoms with van der Waals surface area (Å²) in [7, 11) is 0. The van der Waals surface area contributed by atoms with E-state index in [4.69, 9.17) is 19.0 Å². The van der Waals surface area contributed by atoms with E-state index in [1.54, 1.807) is 28.0 Å². The molecule has 216 valence electrons. The van der Waals surface area contributed by atoms with Crippen LogP contribution in [0.4, 0.5) is 5.82 Å². The number of hydrogen-bond donors (Lipinski definition) is 1. The van der Waals surface area contributed by atoms with Gasteiger partial charge in [-0.3, -0.25) is 14.5 Å². The number of anilines is 1. The zero-order valence-electron chi connectivity index (χ0n) is 23.4. The number of rotatable bonds is 7. The van der Waals surface area contributed by atoms with Crippen molar-refractivity contribution in [1.29, 1.82) is 0 Å². The number of fused-ring (bicyclic) bond motifs is 2. The summed E-state index contributed by atoms with van der Waals surface area (Å²) in [5.41, 5.74) is 5.33. The van der Waals surface area contributed by atoms with Crippen molar-refractivity contribution in [2.75, 3.05) is 24.0 Å². The number of ether oxygens (including phenoxy) is 2. The summed E-state index contributed by atoms with van der Waals surface area (Å²) in [5.74, 6) is 2.22. The van der Waals surface area contributed by atoms with Crippen LogP contribution >= 0.6 is 11.8 Å². The van der Waals surface area contributed by atoms with Crippen LogP contribution in [0.25, 0.3) is 16.9 Å². The summed E-state index contributed by atoms with van der Waals surface area (Å²) in [6.45, 7) is 2.24. The Hall–Kier alpha value is -4.96. The molecule has 0 radical (unpaired) electrons. The van der Waals surface area contributed by atoms with Gasteiger partial charge >= 0.3 is 0 Å². The van der Waals surface area contributed by atoms with Crippen molar-refractivity contribution in [1.82, 2.24) is 15.1 Å². The second-order valence-electron chi connectivity index (χ2n) is 10.3. The molecule has 2 aliphatic rings. The maximum Gasteiger partial charge on any atom is 0.240 e. The van der Waals surface area contributed by atoms with E-state index in [0.717, 1.165) is 33.6 Å². The van der Waals surface area contributed by atoms with Crippen LogP contribution in [0.3, 0.4) is 0 Å². The fourth-order valence-electron chi connectivity index (χ4n) is 5.33. The number of thioether (sulfide) groups is 1. The van der Waals surface area contributed by atoms with Crippen molar-refractivity contribution in [3.05, 3.63) is 114 Å². The number of nitrogens with zero attached hydrogens (tertiary/aromatic N) is 3. The molecule has 0 fully saturated rings. The van der Waals surface area contributed by atoms with Gasteiger partial charge in [0.15, 0.2) is 11.5 Å². The number of amides is 2. The molecule has 0 aliphatic carbocycles. The Bertz CT molecular complexity index is 1780. The first kappa shape index (κ1) is 26.9. The molecule has 0 spiro atoms. The Kier molecular flexibility index (Phi) is 7.12. The Labute approximate surface area is 252 Å². The highest BCUT2D eigenvalue weighted by Gasteiger charge is 2.38. The molecule has 4 heterocycles. The Morgan fingerprint density at radius 3 is 2.60 bits per heavy atom. The van der Waals surface area contributed by atoms with Gasteiger partial charge in [0, 0.05) is 11.1 Å². The number of carbonyl (C=O) groups is 2. The lowest BCUT2D eigenvalue weighted by Gasteiger charge is -2.23. The van der Waals surface area contributed by atoms with Crippen LogP contribution in [0.2, 0.25) is 0 Å². The van der Waals surface area contributed by atoms with Gasteiger partial charge in [-0.25, -0.2) is 4.68 Å². The van der Waals surface area contributed by atoms with E-state index in [1.807, 2.05) is 79.7 Å². The quantitative estimate of drug-likeness (QED) is 0.261. The maximum atomic E-state index is 13.9. The van der Waals surface area contributed by atoms with E-state index >= 15 is 0 Å². The van der Waals surface area contributed by atoms with E-state index in [9.17, 15) is 9.59 Å². The lowest BCUT2D eigenvalue weighted by molar-refractivity contribution is -0.123. The zero-order valence-corrected chi connectivity index (χ0v) is 24.2. The third kappa shape index (κ3) is 5.25. The molecule has 2 aliphatic heterocycles. The first-order chi connectivity index (χ1) is 21.0. The lowest BCUT2D eigenvalue weighted by atomic mass is 9.99. The summed E-state index contributed by atoms with van der Waals surface area (Å²) in [6.07, 6.45) is 1.56. The van der Waals surface area contributed by atoms with E-state index in [1.165, 1.54) is 11.8 Å². The van der Waals surface area contributed by atoms with Gasteiger partial charge in [-0.1, -0.05) is 54.1 Å². The normalized spacial score (nSPS) is 15.7. The van der Waals surface area contributed by atoms with Crippen LogP contribution < -0.4 is 19.7 Å². The van der Waals surface area contributed by atoms with Gasteiger partial charge in [-0.05, 0) is 48.9 Å². The molecule has 1 unspecified atom stereocenters. The van der Waals surface area contributed by atoms with Crippen LogP contribution in [-0.4, -0.2) is 40.7 Å². The summed E-state index contributed by atoms with van der Waals surface area (Å²) >= 11 is 1.51. The summed E-state index contributed by atoms with van der Waals surface area (Å²) in [5, 5.41) is 7.75. The van der Waals surface area contributed by atoms with Crippen LogP contribution in [0.15, 0.2) is 95.6 Å². The molecule has 2 aromatic heterocycles. The number of hydrogen-bond acceptors (Lipinski definition) is 7. The topological polar surface area (TPSA) is 98.8 Å². The van der Waals surface area contributed by atoms with Gasteiger partial charge in [0.2, 0.25) is 18.6 Å². The molecular weight excluding hydrogens is 564 g/mol. The van der Waals surface area contributed by atoms with Crippen molar-refractivity contribution in [3.63, 3.8) is 0 Å². The zero-order chi connectivity index (χ0) is 29.3. The third-order valence-corrected chi connectivity index (χ3v) is 8.71. The molecule has 10 heteroatoms. The summed E-state index contributed by atoms with van der Waals surface area (Å²) < 4.78 is 18.4. The number of carbonyl (C=O) groups excluding carboxylic acids is 2. The molecular formula is C33H28N4O5S. The molecule has 5 aromatic rings. The monoisotopic (exact) mass is 592 g/mol. The van der Waals surface area contributed by atoms with Gasteiger partial charge in [-0.15, -0.1) is 11.8 Å². The highest BCUT2D eigenvalue weighted by Crippen LogP contribution is 2.50. The van der Waals surface area contributed by atoms with Gasteiger partial charge in [0.1, 0.15) is 18.1 Å². The van der Waals surface area contributed by atoms with Crippen LogP contribution in [0, 0.1) is 6.92 Å². The first-order valence-electron chi connectivity index (χ1n) is 13.9. The van der Waals surface area contributed by atoms with Crippen molar-refractivity contribution in [2.24, 2.45) is 0 Å². The highest BCUT2D eigenvalue weighted by molar-refractivity contribution is 8.00. The largest absolute Gasteiger partial charge is 0.467 e. The summed E-state index contributed by atoms with van der Waals surface area (Å²) in [6, 6.07) is 27.3. The molecule has 3 aromatic carbocycles. The van der Waals surface area contributed by atoms with Crippen LogP contribution in [0.5, 0.6) is 11.5 Å². The predicted octanol–water partition coefficient (Wildman–Crippen LogP) is 5.66.